The molecule has 1 unspecified atom stereocenters. The summed E-state index contributed by atoms with van der Waals surface area (Å²) in [5, 5.41) is 2.85. The number of nitrogens with one attached hydrogen (secondary N) is 1. The van der Waals surface area contributed by atoms with Crippen molar-refractivity contribution >= 4 is 17.5 Å². The zero-order valence-electron chi connectivity index (χ0n) is 14.0. The summed E-state index contributed by atoms with van der Waals surface area (Å²) in [7, 11) is 0. The molecule has 1 aromatic heterocycles. The first-order valence-corrected chi connectivity index (χ1v) is 8.63. The van der Waals surface area contributed by atoms with Crippen LogP contribution < -0.4 is 5.32 Å². The van der Waals surface area contributed by atoms with Crippen LogP contribution in [0.1, 0.15) is 23.7 Å². The summed E-state index contributed by atoms with van der Waals surface area (Å²) in [6.45, 7) is 3.75. The first kappa shape index (κ1) is 15.9. The molecule has 6 nitrogen and oxygen atoms in total. The topological polar surface area (TPSA) is 65.8 Å². The van der Waals surface area contributed by atoms with E-state index in [4.69, 9.17) is 4.42 Å². The van der Waals surface area contributed by atoms with Gasteiger partial charge in [0.15, 0.2) is 0 Å². The van der Waals surface area contributed by atoms with Crippen molar-refractivity contribution in [1.29, 1.82) is 0 Å². The van der Waals surface area contributed by atoms with Gasteiger partial charge in [-0.25, -0.2) is 0 Å². The number of hydrogen-bond donors (Lipinski definition) is 1. The summed E-state index contributed by atoms with van der Waals surface area (Å²) >= 11 is 0. The van der Waals surface area contributed by atoms with Gasteiger partial charge in [-0.15, -0.1) is 0 Å². The van der Waals surface area contributed by atoms with Crippen LogP contribution in [0.5, 0.6) is 0 Å². The molecule has 1 aromatic carbocycles. The van der Waals surface area contributed by atoms with E-state index in [-0.39, 0.29) is 24.2 Å². The fourth-order valence-electron chi connectivity index (χ4n) is 3.60. The predicted molar refractivity (Wildman–Crippen MR) is 93.0 cm³/mol. The van der Waals surface area contributed by atoms with Crippen molar-refractivity contribution in [3.63, 3.8) is 0 Å². The second-order valence-corrected chi connectivity index (χ2v) is 6.57. The maximum absolute atomic E-state index is 13.0. The second-order valence-electron chi connectivity index (χ2n) is 6.57. The number of piperazine rings is 1. The van der Waals surface area contributed by atoms with Crippen molar-refractivity contribution in [3.8, 4) is 0 Å². The van der Waals surface area contributed by atoms with E-state index in [1.807, 2.05) is 41.3 Å². The van der Waals surface area contributed by atoms with E-state index in [1.165, 1.54) is 0 Å². The molecule has 0 aliphatic carbocycles. The lowest BCUT2D eigenvalue weighted by Crippen LogP contribution is -2.50. The Balaban J connectivity index is 1.41. The number of carbonyl (C=O) groups is 2. The Hall–Kier alpha value is -2.60. The highest BCUT2D eigenvalue weighted by molar-refractivity contribution is 6.01. The van der Waals surface area contributed by atoms with Gasteiger partial charge in [0, 0.05) is 38.3 Å². The second kappa shape index (κ2) is 6.72. The molecule has 2 amide bonds. The summed E-state index contributed by atoms with van der Waals surface area (Å²) in [5.41, 5.74) is 1.68. The minimum Gasteiger partial charge on any atom is -0.468 e. The van der Waals surface area contributed by atoms with Gasteiger partial charge in [-0.3, -0.25) is 14.5 Å². The highest BCUT2D eigenvalue weighted by Gasteiger charge is 2.34. The molecule has 1 fully saturated rings. The number of amides is 2. The number of para-hydroxylation sites is 1. The average Bonchev–Trinajstić information content (AvgIpc) is 3.14. The monoisotopic (exact) mass is 339 g/mol. The SMILES string of the molecule is O=C1CC(C(=O)N2CCN(Cc3ccco3)CC2)c2ccccc2N1. The van der Waals surface area contributed by atoms with Gasteiger partial charge in [0.05, 0.1) is 18.7 Å². The van der Waals surface area contributed by atoms with Gasteiger partial charge in [0.25, 0.3) is 0 Å². The number of carbonyl (C=O) groups excluding carboxylic acids is 2. The van der Waals surface area contributed by atoms with E-state index in [0.29, 0.717) is 13.1 Å². The van der Waals surface area contributed by atoms with Gasteiger partial charge in [-0.05, 0) is 23.8 Å². The van der Waals surface area contributed by atoms with Crippen LogP contribution in [0, 0.1) is 0 Å². The summed E-state index contributed by atoms with van der Waals surface area (Å²) in [6, 6.07) is 11.4. The lowest BCUT2D eigenvalue weighted by atomic mass is 9.89. The highest BCUT2D eigenvalue weighted by atomic mass is 16.3. The van der Waals surface area contributed by atoms with E-state index in [2.05, 4.69) is 10.2 Å². The van der Waals surface area contributed by atoms with E-state index in [1.54, 1.807) is 6.26 Å². The Morgan fingerprint density at radius 2 is 1.92 bits per heavy atom. The standard InChI is InChI=1S/C19H21N3O3/c23-18-12-16(15-5-1-2-6-17(15)20-18)19(24)22-9-7-21(8-10-22)13-14-4-3-11-25-14/h1-6,11,16H,7-10,12-13H2,(H,20,23). The number of anilines is 1. The van der Waals surface area contributed by atoms with Gasteiger partial charge < -0.3 is 14.6 Å². The molecule has 3 heterocycles. The summed E-state index contributed by atoms with van der Waals surface area (Å²) in [6.07, 6.45) is 1.91. The maximum Gasteiger partial charge on any atom is 0.230 e. The number of furan rings is 1. The molecule has 0 spiro atoms. The van der Waals surface area contributed by atoms with Crippen LogP contribution >= 0.6 is 0 Å². The fourth-order valence-corrected chi connectivity index (χ4v) is 3.60. The first-order valence-electron chi connectivity index (χ1n) is 8.63. The molecular weight excluding hydrogens is 318 g/mol. The molecule has 4 rings (SSSR count). The quantitative estimate of drug-likeness (QED) is 0.929. The molecule has 1 saturated heterocycles. The highest BCUT2D eigenvalue weighted by Crippen LogP contribution is 2.33. The molecule has 6 heteroatoms. The lowest BCUT2D eigenvalue weighted by molar-refractivity contribution is -0.136. The number of hydrogen-bond acceptors (Lipinski definition) is 4. The minimum atomic E-state index is -0.374. The molecule has 1 atom stereocenters. The molecule has 0 radical (unpaired) electrons. The van der Waals surface area contributed by atoms with E-state index in [9.17, 15) is 9.59 Å². The molecular formula is C19H21N3O3. The maximum atomic E-state index is 13.0. The van der Waals surface area contributed by atoms with Crippen molar-refractivity contribution in [2.75, 3.05) is 31.5 Å². The molecule has 2 aliphatic heterocycles. The van der Waals surface area contributed by atoms with Crippen LogP contribution in [-0.2, 0) is 16.1 Å². The van der Waals surface area contributed by atoms with E-state index in [0.717, 1.165) is 36.6 Å². The summed E-state index contributed by atoms with van der Waals surface area (Å²) in [5.74, 6) is 0.535. The summed E-state index contributed by atoms with van der Waals surface area (Å²) in [4.78, 5) is 29.1. The van der Waals surface area contributed by atoms with Gasteiger partial charge in [0.2, 0.25) is 11.8 Å². The van der Waals surface area contributed by atoms with Crippen LogP contribution in [0.3, 0.4) is 0 Å². The lowest BCUT2D eigenvalue weighted by Gasteiger charge is -2.37. The third-order valence-electron chi connectivity index (χ3n) is 4.94. The van der Waals surface area contributed by atoms with Crippen molar-refractivity contribution in [2.45, 2.75) is 18.9 Å². The van der Waals surface area contributed by atoms with Crippen molar-refractivity contribution < 1.29 is 14.0 Å². The molecule has 1 N–H and O–H groups in total. The zero-order chi connectivity index (χ0) is 17.2. The third-order valence-corrected chi connectivity index (χ3v) is 4.94. The molecule has 0 saturated carbocycles. The molecule has 2 aliphatic rings. The van der Waals surface area contributed by atoms with Crippen LogP contribution in [0.2, 0.25) is 0 Å². The molecule has 25 heavy (non-hydrogen) atoms. The first-order chi connectivity index (χ1) is 12.2. The minimum absolute atomic E-state index is 0.0555. The average molecular weight is 339 g/mol. The third kappa shape index (κ3) is 3.30. The molecule has 130 valence electrons. The van der Waals surface area contributed by atoms with Crippen LogP contribution in [0.4, 0.5) is 5.69 Å². The number of benzene rings is 1. The largest absolute Gasteiger partial charge is 0.468 e. The van der Waals surface area contributed by atoms with Crippen LogP contribution in [-0.4, -0.2) is 47.8 Å². The number of rotatable bonds is 3. The predicted octanol–water partition coefficient (Wildman–Crippen LogP) is 2.05. The zero-order valence-corrected chi connectivity index (χ0v) is 14.0. The Bertz CT molecular complexity index is 764. The number of fused-ring (bicyclic) bond motifs is 1. The Labute approximate surface area is 146 Å². The van der Waals surface area contributed by atoms with Gasteiger partial charge in [-0.1, -0.05) is 18.2 Å². The van der Waals surface area contributed by atoms with Crippen molar-refractivity contribution in [2.24, 2.45) is 0 Å². The number of nitrogens with zero attached hydrogens (tertiary/aromatic N) is 2. The van der Waals surface area contributed by atoms with Gasteiger partial charge in [-0.2, -0.15) is 0 Å². The fraction of sp³-hybridized carbons (Fsp3) is 0.368. The molecule has 2 aromatic rings. The van der Waals surface area contributed by atoms with Gasteiger partial charge in [0.1, 0.15) is 5.76 Å². The molecule has 0 bridgehead atoms. The van der Waals surface area contributed by atoms with Crippen LogP contribution in [0.25, 0.3) is 0 Å². The Kier molecular flexibility index (Phi) is 4.28. The van der Waals surface area contributed by atoms with E-state index < -0.39 is 0 Å². The normalized spacial score (nSPS) is 20.9. The van der Waals surface area contributed by atoms with Crippen molar-refractivity contribution in [3.05, 3.63) is 54.0 Å². The smallest absolute Gasteiger partial charge is 0.230 e. The Morgan fingerprint density at radius 1 is 1.12 bits per heavy atom. The van der Waals surface area contributed by atoms with Gasteiger partial charge >= 0.3 is 0 Å². The van der Waals surface area contributed by atoms with Crippen LogP contribution in [0.15, 0.2) is 47.1 Å². The van der Waals surface area contributed by atoms with Crippen molar-refractivity contribution in [1.82, 2.24) is 9.80 Å². The van der Waals surface area contributed by atoms with E-state index >= 15 is 0 Å². The Morgan fingerprint density at radius 3 is 2.68 bits per heavy atom. The summed E-state index contributed by atoms with van der Waals surface area (Å²) < 4.78 is 5.39.